The number of nitrogen functional groups attached to an aromatic ring is 1. The van der Waals surface area contributed by atoms with Crippen molar-refractivity contribution in [2.75, 3.05) is 5.73 Å². The number of aromatic nitrogens is 1. The van der Waals surface area contributed by atoms with Gasteiger partial charge in [0, 0.05) is 22.8 Å². The number of pyridine rings is 1. The molecule has 0 saturated carbocycles. The zero-order valence-corrected chi connectivity index (χ0v) is 7.94. The lowest BCUT2D eigenvalue weighted by Gasteiger charge is -2.11. The van der Waals surface area contributed by atoms with E-state index in [1.807, 2.05) is 18.2 Å². The molecule has 0 fully saturated rings. The van der Waals surface area contributed by atoms with Gasteiger partial charge in [0.25, 0.3) is 0 Å². The number of rotatable bonds is 1. The van der Waals surface area contributed by atoms with Crippen molar-refractivity contribution in [2.45, 2.75) is 13.0 Å². The number of hydrogen-bond donors (Lipinski definition) is 2. The van der Waals surface area contributed by atoms with Gasteiger partial charge < -0.3 is 10.8 Å². The van der Waals surface area contributed by atoms with Crippen molar-refractivity contribution in [3.63, 3.8) is 0 Å². The van der Waals surface area contributed by atoms with Crippen molar-refractivity contribution in [1.82, 2.24) is 4.98 Å². The second kappa shape index (κ2) is 3.27. The molecule has 3 heteroatoms. The average molecular weight is 188 g/mol. The van der Waals surface area contributed by atoms with Crippen molar-refractivity contribution >= 4 is 16.6 Å². The fourth-order valence-electron chi connectivity index (χ4n) is 1.66. The van der Waals surface area contributed by atoms with Gasteiger partial charge in [-0.2, -0.15) is 0 Å². The van der Waals surface area contributed by atoms with Gasteiger partial charge in [-0.15, -0.1) is 0 Å². The summed E-state index contributed by atoms with van der Waals surface area (Å²) in [5, 5.41) is 10.5. The Morgan fingerprint density at radius 1 is 1.36 bits per heavy atom. The van der Waals surface area contributed by atoms with E-state index in [1.165, 1.54) is 0 Å². The Morgan fingerprint density at radius 2 is 2.14 bits per heavy atom. The Kier molecular flexibility index (Phi) is 2.09. The summed E-state index contributed by atoms with van der Waals surface area (Å²) in [6.45, 7) is 1.71. The molecule has 1 aromatic carbocycles. The first kappa shape index (κ1) is 8.97. The molecule has 1 atom stereocenters. The minimum absolute atomic E-state index is 0.567. The van der Waals surface area contributed by atoms with Crippen LogP contribution < -0.4 is 5.73 Å². The fraction of sp³-hybridized carbons (Fsp3) is 0.182. The number of anilines is 1. The molecule has 1 aromatic heterocycles. The number of hydrogen-bond acceptors (Lipinski definition) is 3. The molecule has 1 unspecified atom stereocenters. The maximum Gasteiger partial charge on any atom is 0.0788 e. The minimum Gasteiger partial charge on any atom is -0.398 e. The zero-order valence-electron chi connectivity index (χ0n) is 7.94. The fourth-order valence-corrected chi connectivity index (χ4v) is 1.66. The molecule has 0 radical (unpaired) electrons. The molecular weight excluding hydrogens is 176 g/mol. The summed E-state index contributed by atoms with van der Waals surface area (Å²) in [6.07, 6.45) is 1.16. The van der Waals surface area contributed by atoms with Crippen molar-refractivity contribution in [1.29, 1.82) is 0 Å². The van der Waals surface area contributed by atoms with E-state index in [0.717, 1.165) is 16.5 Å². The predicted octanol–water partition coefficient (Wildman–Crippen LogP) is 1.87. The monoisotopic (exact) mass is 188 g/mol. The van der Waals surface area contributed by atoms with Crippen LogP contribution in [0.4, 0.5) is 5.69 Å². The second-order valence-corrected chi connectivity index (χ2v) is 3.31. The Labute approximate surface area is 82.2 Å². The minimum atomic E-state index is -0.567. The molecule has 1 heterocycles. The van der Waals surface area contributed by atoms with Crippen LogP contribution in [0.2, 0.25) is 0 Å². The van der Waals surface area contributed by atoms with Crippen molar-refractivity contribution < 1.29 is 5.11 Å². The lowest BCUT2D eigenvalue weighted by Crippen LogP contribution is -1.99. The molecule has 0 aliphatic rings. The van der Waals surface area contributed by atoms with E-state index in [-0.39, 0.29) is 0 Å². The van der Waals surface area contributed by atoms with Crippen molar-refractivity contribution in [3.8, 4) is 0 Å². The normalized spacial score (nSPS) is 13.0. The van der Waals surface area contributed by atoms with E-state index in [2.05, 4.69) is 4.98 Å². The van der Waals surface area contributed by atoms with Gasteiger partial charge in [0.1, 0.15) is 0 Å². The highest BCUT2D eigenvalue weighted by molar-refractivity contribution is 5.86. The van der Waals surface area contributed by atoms with Gasteiger partial charge >= 0.3 is 0 Å². The molecule has 0 bridgehead atoms. The van der Waals surface area contributed by atoms with Gasteiger partial charge in [-0.1, -0.05) is 6.07 Å². The van der Waals surface area contributed by atoms with Crippen LogP contribution in [0.5, 0.6) is 0 Å². The molecule has 2 rings (SSSR count). The molecule has 3 N–H and O–H groups in total. The first-order valence-electron chi connectivity index (χ1n) is 4.51. The van der Waals surface area contributed by atoms with Crippen LogP contribution in [0.15, 0.2) is 30.5 Å². The molecule has 14 heavy (non-hydrogen) atoms. The largest absolute Gasteiger partial charge is 0.398 e. The van der Waals surface area contributed by atoms with E-state index >= 15 is 0 Å². The maximum absolute atomic E-state index is 9.59. The number of nitrogens with two attached hydrogens (primary N) is 1. The Bertz CT molecular complexity index is 466. The highest BCUT2D eigenvalue weighted by Gasteiger charge is 2.10. The average Bonchev–Trinajstić information content (AvgIpc) is 2.17. The van der Waals surface area contributed by atoms with Crippen molar-refractivity contribution in [3.05, 3.63) is 36.0 Å². The lowest BCUT2D eigenvalue weighted by molar-refractivity contribution is 0.201. The molecule has 2 aromatic rings. The van der Waals surface area contributed by atoms with Crippen LogP contribution in [0, 0.1) is 0 Å². The molecule has 3 nitrogen and oxygen atoms in total. The third-order valence-electron chi connectivity index (χ3n) is 2.28. The third-order valence-corrected chi connectivity index (χ3v) is 2.28. The first-order chi connectivity index (χ1) is 6.70. The highest BCUT2D eigenvalue weighted by Crippen LogP contribution is 2.28. The highest BCUT2D eigenvalue weighted by atomic mass is 16.3. The zero-order chi connectivity index (χ0) is 10.1. The van der Waals surface area contributed by atoms with Crippen LogP contribution in [0.3, 0.4) is 0 Å². The summed E-state index contributed by atoms with van der Waals surface area (Å²) in [4.78, 5) is 4.20. The van der Waals surface area contributed by atoms with Crippen LogP contribution in [0.25, 0.3) is 10.9 Å². The molecule has 0 amide bonds. The summed E-state index contributed by atoms with van der Waals surface area (Å²) in [5.41, 5.74) is 8.03. The number of aliphatic hydroxyl groups excluding tert-OH is 1. The van der Waals surface area contributed by atoms with Crippen molar-refractivity contribution in [2.24, 2.45) is 0 Å². The van der Waals surface area contributed by atoms with E-state index in [0.29, 0.717) is 5.69 Å². The van der Waals surface area contributed by atoms with Crippen LogP contribution in [0.1, 0.15) is 18.6 Å². The van der Waals surface area contributed by atoms with Gasteiger partial charge in [0.2, 0.25) is 0 Å². The summed E-state index contributed by atoms with van der Waals surface area (Å²) in [6, 6.07) is 7.39. The molecule has 0 saturated heterocycles. The molecular formula is C11H12N2O. The van der Waals surface area contributed by atoms with Gasteiger partial charge in [0.15, 0.2) is 0 Å². The molecule has 72 valence electrons. The molecule has 0 aliphatic carbocycles. The number of benzene rings is 1. The van der Waals surface area contributed by atoms with Gasteiger partial charge in [-0.25, -0.2) is 0 Å². The van der Waals surface area contributed by atoms with Crippen LogP contribution >= 0.6 is 0 Å². The van der Waals surface area contributed by atoms with E-state index < -0.39 is 6.10 Å². The van der Waals surface area contributed by atoms with E-state index in [4.69, 9.17) is 5.73 Å². The van der Waals surface area contributed by atoms with Crippen LogP contribution in [-0.2, 0) is 0 Å². The first-order valence-corrected chi connectivity index (χ1v) is 4.51. The summed E-state index contributed by atoms with van der Waals surface area (Å²) >= 11 is 0. The van der Waals surface area contributed by atoms with Gasteiger partial charge in [-0.05, 0) is 25.1 Å². The predicted molar refractivity (Wildman–Crippen MR) is 56.8 cm³/mol. The Balaban J connectivity index is 2.83. The number of nitrogens with zero attached hydrogens (tertiary/aromatic N) is 1. The maximum atomic E-state index is 9.59. The number of aliphatic hydroxyl groups is 1. The number of fused-ring (bicyclic) bond motifs is 1. The van der Waals surface area contributed by atoms with Gasteiger partial charge in [0.05, 0.1) is 11.6 Å². The van der Waals surface area contributed by atoms with Gasteiger partial charge in [-0.3, -0.25) is 4.98 Å². The standard InChI is InChI=1S/C11H12N2O/c1-7(14)11-8-3-2-6-13-10(8)5-4-9(11)12/h2-7,14H,12H2,1H3. The third kappa shape index (κ3) is 1.32. The van der Waals surface area contributed by atoms with E-state index in [1.54, 1.807) is 19.2 Å². The SMILES string of the molecule is CC(O)c1c(N)ccc2ncccc12. The summed E-state index contributed by atoms with van der Waals surface area (Å²) in [5.74, 6) is 0. The summed E-state index contributed by atoms with van der Waals surface area (Å²) in [7, 11) is 0. The topological polar surface area (TPSA) is 59.1 Å². The lowest BCUT2D eigenvalue weighted by atomic mass is 10.0. The Hall–Kier alpha value is -1.61. The second-order valence-electron chi connectivity index (χ2n) is 3.31. The summed E-state index contributed by atoms with van der Waals surface area (Å²) < 4.78 is 0. The molecule has 0 spiro atoms. The Morgan fingerprint density at radius 3 is 2.86 bits per heavy atom. The molecule has 0 aliphatic heterocycles. The van der Waals surface area contributed by atoms with Crippen LogP contribution in [-0.4, -0.2) is 10.1 Å². The quantitative estimate of drug-likeness (QED) is 0.671. The van der Waals surface area contributed by atoms with E-state index in [9.17, 15) is 5.11 Å². The smallest absolute Gasteiger partial charge is 0.0788 e.